The largest absolute Gasteiger partial charge is 0.389 e. The van der Waals surface area contributed by atoms with Crippen molar-refractivity contribution >= 4 is 11.9 Å². The van der Waals surface area contributed by atoms with Gasteiger partial charge in [-0.2, -0.15) is 0 Å². The van der Waals surface area contributed by atoms with Crippen LogP contribution in [-0.4, -0.2) is 11.9 Å². The molecule has 3 heteroatoms. The van der Waals surface area contributed by atoms with Crippen molar-refractivity contribution in [3.63, 3.8) is 0 Å². The van der Waals surface area contributed by atoms with Gasteiger partial charge in [0.25, 0.3) is 0 Å². The molecule has 74 valence electrons. The second-order valence-corrected chi connectivity index (χ2v) is 3.90. The van der Waals surface area contributed by atoms with E-state index in [9.17, 15) is 9.59 Å². The molecule has 0 atom stereocenters. The van der Waals surface area contributed by atoms with E-state index in [1.807, 2.05) is 0 Å². The Hall–Kier alpha value is -1.12. The summed E-state index contributed by atoms with van der Waals surface area (Å²) >= 11 is 0. The lowest BCUT2D eigenvalue weighted by Crippen LogP contribution is -2.26. The minimum Gasteiger partial charge on any atom is -0.389 e. The van der Waals surface area contributed by atoms with E-state index in [0.29, 0.717) is 5.57 Å². The van der Waals surface area contributed by atoms with E-state index in [4.69, 9.17) is 0 Å². The Morgan fingerprint density at radius 1 is 1.23 bits per heavy atom. The van der Waals surface area contributed by atoms with Crippen molar-refractivity contribution in [1.29, 1.82) is 0 Å². The lowest BCUT2D eigenvalue weighted by atomic mass is 9.97. The van der Waals surface area contributed by atoms with Gasteiger partial charge in [-0.15, -0.1) is 0 Å². The molecule has 0 aromatic carbocycles. The third kappa shape index (κ3) is 3.87. The molecule has 0 fully saturated rings. The highest BCUT2D eigenvalue weighted by Gasteiger charge is 2.25. The van der Waals surface area contributed by atoms with E-state index in [-0.39, 0.29) is 0 Å². The van der Waals surface area contributed by atoms with Gasteiger partial charge in [-0.3, -0.25) is 4.79 Å². The van der Waals surface area contributed by atoms with Gasteiger partial charge in [-0.1, -0.05) is 6.08 Å². The van der Waals surface area contributed by atoms with Crippen LogP contribution in [0, 0.1) is 5.41 Å². The molecule has 0 bridgehead atoms. The van der Waals surface area contributed by atoms with Gasteiger partial charge in [0.2, 0.25) is 0 Å². The van der Waals surface area contributed by atoms with Gasteiger partial charge in [0.1, 0.15) is 0 Å². The Kier molecular flexibility index (Phi) is 3.85. The molecule has 0 heterocycles. The summed E-state index contributed by atoms with van der Waals surface area (Å²) in [6.45, 7) is 8.44. The number of carbonyl (C=O) groups excluding carboxylic acids is 2. The van der Waals surface area contributed by atoms with Crippen LogP contribution in [0.5, 0.6) is 0 Å². The number of esters is 2. The zero-order valence-electron chi connectivity index (χ0n) is 8.80. The molecule has 0 aliphatic rings. The zero-order valence-corrected chi connectivity index (χ0v) is 8.80. The highest BCUT2D eigenvalue weighted by atomic mass is 16.6. The summed E-state index contributed by atoms with van der Waals surface area (Å²) in [7, 11) is 0. The molecule has 0 amide bonds. The number of hydrogen-bond acceptors (Lipinski definition) is 3. The average Bonchev–Trinajstić information content (AvgIpc) is 2.01. The summed E-state index contributed by atoms with van der Waals surface area (Å²) in [4.78, 5) is 22.3. The van der Waals surface area contributed by atoms with Crippen LogP contribution in [0.15, 0.2) is 11.6 Å². The van der Waals surface area contributed by atoms with Crippen LogP contribution < -0.4 is 0 Å². The molecule has 0 N–H and O–H groups in total. The SMILES string of the molecule is C/C=C(\C)C(=O)OC(=O)C(C)(C)C. The van der Waals surface area contributed by atoms with Crippen LogP contribution in [-0.2, 0) is 14.3 Å². The number of ether oxygens (including phenoxy) is 1. The molecule has 0 aliphatic carbocycles. The van der Waals surface area contributed by atoms with Crippen molar-refractivity contribution in [2.45, 2.75) is 34.6 Å². The third-order valence-electron chi connectivity index (χ3n) is 1.55. The Morgan fingerprint density at radius 3 is 2.00 bits per heavy atom. The highest BCUT2D eigenvalue weighted by Crippen LogP contribution is 2.15. The molecule has 3 nitrogen and oxygen atoms in total. The summed E-state index contributed by atoms with van der Waals surface area (Å²) in [5, 5.41) is 0. The van der Waals surface area contributed by atoms with E-state index in [0.717, 1.165) is 0 Å². The maximum absolute atomic E-state index is 11.2. The first kappa shape index (κ1) is 11.9. The molecule has 0 spiro atoms. The lowest BCUT2D eigenvalue weighted by molar-refractivity contribution is -0.163. The van der Waals surface area contributed by atoms with Crippen molar-refractivity contribution < 1.29 is 14.3 Å². The van der Waals surface area contributed by atoms with Gasteiger partial charge in [-0.05, 0) is 34.6 Å². The van der Waals surface area contributed by atoms with Crippen molar-refractivity contribution in [3.8, 4) is 0 Å². The molecule has 0 aliphatic heterocycles. The van der Waals surface area contributed by atoms with Gasteiger partial charge in [0.05, 0.1) is 5.41 Å². The Morgan fingerprint density at radius 2 is 1.69 bits per heavy atom. The summed E-state index contributed by atoms with van der Waals surface area (Å²) in [5.74, 6) is -1.07. The van der Waals surface area contributed by atoms with Gasteiger partial charge in [0.15, 0.2) is 0 Å². The van der Waals surface area contributed by atoms with Crippen LogP contribution in [0.2, 0.25) is 0 Å². The fourth-order valence-electron chi connectivity index (χ4n) is 0.436. The van der Waals surface area contributed by atoms with Crippen LogP contribution in [0.25, 0.3) is 0 Å². The van der Waals surface area contributed by atoms with Crippen LogP contribution in [0.4, 0.5) is 0 Å². The molecule has 0 unspecified atom stereocenters. The molecule has 0 saturated heterocycles. The van der Waals surface area contributed by atoms with Crippen molar-refractivity contribution in [2.24, 2.45) is 5.41 Å². The number of allylic oxidation sites excluding steroid dienone is 1. The fourth-order valence-corrected chi connectivity index (χ4v) is 0.436. The van der Waals surface area contributed by atoms with Crippen LogP contribution >= 0.6 is 0 Å². The van der Waals surface area contributed by atoms with E-state index in [2.05, 4.69) is 4.74 Å². The first-order chi connectivity index (χ1) is 5.79. The number of rotatable bonds is 1. The quantitative estimate of drug-likeness (QED) is 0.356. The van der Waals surface area contributed by atoms with E-state index in [1.54, 1.807) is 40.7 Å². The average molecular weight is 184 g/mol. The maximum Gasteiger partial charge on any atom is 0.341 e. The lowest BCUT2D eigenvalue weighted by Gasteiger charge is -2.15. The minimum atomic E-state index is -0.635. The first-order valence-corrected chi connectivity index (χ1v) is 4.18. The highest BCUT2D eigenvalue weighted by molar-refractivity contribution is 5.96. The molecular formula is C10H16O3. The molecule has 0 aromatic rings. The summed E-state index contributed by atoms with van der Waals surface area (Å²) in [5.41, 5.74) is -0.193. The molecular weight excluding hydrogens is 168 g/mol. The summed E-state index contributed by atoms with van der Waals surface area (Å²) in [6.07, 6.45) is 1.61. The van der Waals surface area contributed by atoms with E-state index in [1.165, 1.54) is 0 Å². The predicted molar refractivity (Wildman–Crippen MR) is 50.0 cm³/mol. The summed E-state index contributed by atoms with van der Waals surface area (Å²) in [6, 6.07) is 0. The monoisotopic (exact) mass is 184 g/mol. The van der Waals surface area contributed by atoms with E-state index < -0.39 is 17.4 Å². The van der Waals surface area contributed by atoms with Crippen molar-refractivity contribution in [2.75, 3.05) is 0 Å². The number of hydrogen-bond donors (Lipinski definition) is 0. The fraction of sp³-hybridized carbons (Fsp3) is 0.600. The second kappa shape index (κ2) is 4.21. The van der Waals surface area contributed by atoms with Gasteiger partial charge < -0.3 is 4.74 Å². The van der Waals surface area contributed by atoms with Crippen molar-refractivity contribution in [1.82, 2.24) is 0 Å². The van der Waals surface area contributed by atoms with Gasteiger partial charge in [-0.25, -0.2) is 4.79 Å². The normalized spacial score (nSPS) is 12.5. The molecule has 0 aromatic heterocycles. The van der Waals surface area contributed by atoms with Crippen molar-refractivity contribution in [3.05, 3.63) is 11.6 Å². The molecule has 0 rings (SSSR count). The third-order valence-corrected chi connectivity index (χ3v) is 1.55. The van der Waals surface area contributed by atoms with Crippen LogP contribution in [0.1, 0.15) is 34.6 Å². The van der Waals surface area contributed by atoms with Crippen LogP contribution in [0.3, 0.4) is 0 Å². The summed E-state index contributed by atoms with van der Waals surface area (Å²) < 4.78 is 4.62. The topological polar surface area (TPSA) is 43.4 Å². The predicted octanol–water partition coefficient (Wildman–Crippen LogP) is 2.07. The van der Waals surface area contributed by atoms with Gasteiger partial charge >= 0.3 is 11.9 Å². The Bertz CT molecular complexity index is 243. The number of carbonyl (C=O) groups is 2. The Balaban J connectivity index is 4.33. The standard InChI is InChI=1S/C10H16O3/c1-6-7(2)8(11)13-9(12)10(3,4)5/h6H,1-5H3/b7-6+. The zero-order chi connectivity index (χ0) is 10.6. The van der Waals surface area contributed by atoms with E-state index >= 15 is 0 Å². The Labute approximate surface area is 78.8 Å². The molecule has 0 radical (unpaired) electrons. The molecule has 0 saturated carbocycles. The molecule has 13 heavy (non-hydrogen) atoms. The van der Waals surface area contributed by atoms with Gasteiger partial charge in [0, 0.05) is 5.57 Å². The smallest absolute Gasteiger partial charge is 0.341 e. The first-order valence-electron chi connectivity index (χ1n) is 4.18. The minimum absolute atomic E-state index is 0.442. The maximum atomic E-state index is 11.2. The second-order valence-electron chi connectivity index (χ2n) is 3.90.